The Balaban J connectivity index is 1.73. The van der Waals surface area contributed by atoms with E-state index in [-0.39, 0.29) is 23.6 Å². The zero-order valence-corrected chi connectivity index (χ0v) is 21.0. The monoisotopic (exact) mass is 509 g/mol. The summed E-state index contributed by atoms with van der Waals surface area (Å²) in [5, 5.41) is 0. The average Bonchev–Trinajstić information content (AvgIpc) is 2.88. The molecule has 0 radical (unpaired) electrons. The number of carbonyl (C=O) groups is 3. The largest absolute Gasteiger partial charge is 0.493 e. The third-order valence-electron chi connectivity index (χ3n) is 5.43. The summed E-state index contributed by atoms with van der Waals surface area (Å²) < 4.78 is 35.4. The number of halogens is 1. The number of nitrogens with zero attached hydrogens (tertiary/aromatic N) is 1. The van der Waals surface area contributed by atoms with Gasteiger partial charge in [-0.3, -0.25) is 14.4 Å². The van der Waals surface area contributed by atoms with Gasteiger partial charge in [0.05, 0.1) is 13.0 Å². The molecule has 2 aromatic carbocycles. The number of benzene rings is 2. The summed E-state index contributed by atoms with van der Waals surface area (Å²) >= 11 is 0. The van der Waals surface area contributed by atoms with Crippen LogP contribution in [0.25, 0.3) is 0 Å². The molecule has 0 saturated heterocycles. The Hall–Kier alpha value is -4.27. The molecule has 0 fully saturated rings. The molecule has 37 heavy (non-hydrogen) atoms. The van der Waals surface area contributed by atoms with Crippen molar-refractivity contribution in [2.45, 2.75) is 39.4 Å². The van der Waals surface area contributed by atoms with Crippen LogP contribution < -0.4 is 14.2 Å². The molecule has 194 valence electrons. The number of rotatable bonds is 11. The second-order valence-electron chi connectivity index (χ2n) is 8.36. The number of hydrogen-bond donors (Lipinski definition) is 0. The number of carbonyl (C=O) groups excluding carboxylic acids is 3. The number of Topliss-reactive ketones (excluding diaryl/α,β-unsaturated/α-hetero) is 1. The van der Waals surface area contributed by atoms with Gasteiger partial charge in [-0.2, -0.15) is 0 Å². The van der Waals surface area contributed by atoms with Crippen molar-refractivity contribution < 1.29 is 37.7 Å². The van der Waals surface area contributed by atoms with Crippen LogP contribution in [0.5, 0.6) is 17.2 Å². The summed E-state index contributed by atoms with van der Waals surface area (Å²) in [5.41, 5.74) is 0.631. The first-order valence-electron chi connectivity index (χ1n) is 11.6. The minimum absolute atomic E-state index is 0.103. The van der Waals surface area contributed by atoms with Gasteiger partial charge in [0.25, 0.3) is 0 Å². The van der Waals surface area contributed by atoms with Gasteiger partial charge < -0.3 is 18.9 Å². The van der Waals surface area contributed by atoms with Crippen molar-refractivity contribution in [1.29, 1.82) is 0 Å². The fraction of sp³-hybridized carbons (Fsp3) is 0.286. The first-order valence-corrected chi connectivity index (χ1v) is 11.6. The average molecular weight is 510 g/mol. The fourth-order valence-corrected chi connectivity index (χ4v) is 3.59. The van der Waals surface area contributed by atoms with Gasteiger partial charge in [-0.1, -0.05) is 37.3 Å². The Morgan fingerprint density at radius 1 is 0.973 bits per heavy atom. The Bertz CT molecular complexity index is 1230. The molecule has 3 atom stereocenters. The summed E-state index contributed by atoms with van der Waals surface area (Å²) in [7, 11) is 1.37. The van der Waals surface area contributed by atoms with Crippen LogP contribution >= 0.6 is 0 Å². The van der Waals surface area contributed by atoms with Crippen LogP contribution in [-0.2, 0) is 14.3 Å². The highest BCUT2D eigenvalue weighted by Gasteiger charge is 2.29. The maximum absolute atomic E-state index is 13.3. The van der Waals surface area contributed by atoms with Crippen molar-refractivity contribution in [3.8, 4) is 17.2 Å². The van der Waals surface area contributed by atoms with E-state index in [0.717, 1.165) is 5.56 Å². The maximum Gasteiger partial charge on any atom is 0.309 e. The van der Waals surface area contributed by atoms with E-state index in [1.54, 1.807) is 13.8 Å². The number of aromatic nitrogens is 1. The smallest absolute Gasteiger partial charge is 0.309 e. The van der Waals surface area contributed by atoms with Crippen molar-refractivity contribution >= 4 is 17.7 Å². The Kier molecular flexibility index (Phi) is 9.32. The van der Waals surface area contributed by atoms with E-state index in [2.05, 4.69) is 4.98 Å². The topological polar surface area (TPSA) is 101 Å². The molecular weight excluding hydrogens is 481 g/mol. The van der Waals surface area contributed by atoms with Crippen molar-refractivity contribution in [2.24, 2.45) is 5.92 Å². The minimum Gasteiger partial charge on any atom is -0.493 e. The first-order chi connectivity index (χ1) is 17.7. The van der Waals surface area contributed by atoms with E-state index in [9.17, 15) is 18.8 Å². The molecule has 3 aromatic rings. The van der Waals surface area contributed by atoms with Crippen LogP contribution in [0.15, 0.2) is 66.9 Å². The molecule has 0 saturated carbocycles. The Morgan fingerprint density at radius 3 is 2.27 bits per heavy atom. The van der Waals surface area contributed by atoms with Crippen LogP contribution in [0.2, 0.25) is 0 Å². The standard InChI is InChI=1S/C28H28FNO7/c1-17(16-23(32)25-27(36-19(3)31)24(34-4)14-15-30-25)28(33)35-18(2)26(20-8-6-5-7-9-20)37-22-12-10-21(29)11-13-22/h5-15,17-18,26H,16H2,1-4H3/t17-,18+,26?/m1/s1. The number of ether oxygens (including phenoxy) is 4. The molecule has 0 N–H and O–H groups in total. The van der Waals surface area contributed by atoms with Crippen LogP contribution in [0.3, 0.4) is 0 Å². The molecule has 0 amide bonds. The molecule has 0 aliphatic rings. The van der Waals surface area contributed by atoms with Crippen LogP contribution in [-0.4, -0.2) is 35.9 Å². The summed E-state index contributed by atoms with van der Waals surface area (Å²) in [6.07, 6.45) is -0.325. The summed E-state index contributed by atoms with van der Waals surface area (Å²) in [4.78, 5) is 41.4. The maximum atomic E-state index is 13.3. The lowest BCUT2D eigenvalue weighted by Gasteiger charge is -2.26. The molecular formula is C28H28FNO7. The summed E-state index contributed by atoms with van der Waals surface area (Å²) in [5.74, 6) is -2.55. The highest BCUT2D eigenvalue weighted by Crippen LogP contribution is 2.32. The van der Waals surface area contributed by atoms with Crippen LogP contribution in [0, 0.1) is 11.7 Å². The lowest BCUT2D eigenvalue weighted by molar-refractivity contribution is -0.157. The third kappa shape index (κ3) is 7.36. The van der Waals surface area contributed by atoms with Gasteiger partial charge in [0.2, 0.25) is 5.75 Å². The van der Waals surface area contributed by atoms with Gasteiger partial charge in [-0.05, 0) is 36.8 Å². The fourth-order valence-electron chi connectivity index (χ4n) is 3.59. The third-order valence-corrected chi connectivity index (χ3v) is 5.43. The lowest BCUT2D eigenvalue weighted by Crippen LogP contribution is -2.30. The van der Waals surface area contributed by atoms with E-state index in [0.29, 0.717) is 5.75 Å². The molecule has 0 aliphatic carbocycles. The molecule has 0 spiro atoms. The van der Waals surface area contributed by atoms with Gasteiger partial charge in [0.1, 0.15) is 17.7 Å². The SMILES string of the molecule is COc1ccnc(C(=O)C[C@@H](C)C(=O)O[C@@H](C)C(Oc2ccc(F)cc2)c2ccccc2)c1OC(C)=O. The van der Waals surface area contributed by atoms with E-state index in [4.69, 9.17) is 18.9 Å². The minimum atomic E-state index is -0.838. The lowest BCUT2D eigenvalue weighted by atomic mass is 10.0. The molecule has 0 aliphatic heterocycles. The predicted molar refractivity (Wildman–Crippen MR) is 132 cm³/mol. The van der Waals surface area contributed by atoms with Crippen molar-refractivity contribution in [3.05, 3.63) is 83.9 Å². The Labute approximate surface area is 214 Å². The molecule has 1 aromatic heterocycles. The van der Waals surface area contributed by atoms with Crippen LogP contribution in [0.4, 0.5) is 4.39 Å². The first kappa shape index (κ1) is 27.3. The second-order valence-corrected chi connectivity index (χ2v) is 8.36. The number of ketones is 1. The number of methoxy groups -OCH3 is 1. The summed E-state index contributed by atoms with van der Waals surface area (Å²) in [6.45, 7) is 4.42. The summed E-state index contributed by atoms with van der Waals surface area (Å²) in [6, 6.07) is 16.1. The van der Waals surface area contributed by atoms with Crippen molar-refractivity contribution in [1.82, 2.24) is 4.98 Å². The highest BCUT2D eigenvalue weighted by atomic mass is 19.1. The molecule has 8 nitrogen and oxygen atoms in total. The van der Waals surface area contributed by atoms with Gasteiger partial charge >= 0.3 is 11.9 Å². The van der Waals surface area contributed by atoms with E-state index >= 15 is 0 Å². The number of esters is 2. The normalized spacial score (nSPS) is 13.1. The second kappa shape index (κ2) is 12.6. The molecule has 1 unspecified atom stereocenters. The van der Waals surface area contributed by atoms with E-state index in [1.807, 2.05) is 30.3 Å². The van der Waals surface area contributed by atoms with Gasteiger partial charge in [-0.15, -0.1) is 0 Å². The van der Waals surface area contributed by atoms with Crippen molar-refractivity contribution in [3.63, 3.8) is 0 Å². The highest BCUT2D eigenvalue weighted by molar-refractivity contribution is 5.99. The molecule has 9 heteroatoms. The molecule has 1 heterocycles. The van der Waals surface area contributed by atoms with Crippen LogP contribution in [0.1, 0.15) is 49.3 Å². The van der Waals surface area contributed by atoms with Gasteiger partial charge in [-0.25, -0.2) is 9.37 Å². The molecule has 0 bridgehead atoms. The quantitative estimate of drug-likeness (QED) is 0.259. The van der Waals surface area contributed by atoms with Gasteiger partial charge in [0, 0.05) is 25.6 Å². The zero-order valence-electron chi connectivity index (χ0n) is 21.0. The van der Waals surface area contributed by atoms with E-state index < -0.39 is 41.7 Å². The zero-order chi connectivity index (χ0) is 26.9. The molecule has 3 rings (SSSR count). The van der Waals surface area contributed by atoms with Gasteiger partial charge in [0.15, 0.2) is 23.3 Å². The predicted octanol–water partition coefficient (Wildman–Crippen LogP) is 5.12. The van der Waals surface area contributed by atoms with E-state index in [1.165, 1.54) is 50.6 Å². The number of pyridine rings is 1. The van der Waals surface area contributed by atoms with Crippen molar-refractivity contribution in [2.75, 3.05) is 7.11 Å². The Morgan fingerprint density at radius 2 is 1.65 bits per heavy atom. The number of hydrogen-bond acceptors (Lipinski definition) is 8.